The largest absolute Gasteiger partial charge is 0.271 e. The monoisotopic (exact) mass is 336 g/mol. The van der Waals surface area contributed by atoms with E-state index in [1.165, 1.54) is 11.3 Å². The molecule has 3 N–H and O–H groups in total. The predicted octanol–water partition coefficient (Wildman–Crippen LogP) is 2.98. The molecular formula is C15H21BrN4. The van der Waals surface area contributed by atoms with Gasteiger partial charge in [0.1, 0.15) is 0 Å². The molecule has 4 nitrogen and oxygen atoms in total. The molecule has 1 heterocycles. The van der Waals surface area contributed by atoms with Crippen molar-refractivity contribution in [2.45, 2.75) is 39.3 Å². The highest BCUT2D eigenvalue weighted by Gasteiger charge is 2.14. The zero-order valence-electron chi connectivity index (χ0n) is 11.9. The Bertz CT molecular complexity index is 548. The number of aromatic nitrogens is 2. The number of halogens is 1. The maximum Gasteiger partial charge on any atom is 0.0624 e. The molecule has 1 atom stereocenters. The van der Waals surface area contributed by atoms with Gasteiger partial charge >= 0.3 is 0 Å². The second-order valence-electron chi connectivity index (χ2n) is 4.77. The highest BCUT2D eigenvalue weighted by Crippen LogP contribution is 2.21. The lowest BCUT2D eigenvalue weighted by Crippen LogP contribution is -2.30. The van der Waals surface area contributed by atoms with E-state index in [0.717, 1.165) is 29.6 Å². The Labute approximate surface area is 128 Å². The summed E-state index contributed by atoms with van der Waals surface area (Å²) in [7, 11) is 0. The van der Waals surface area contributed by atoms with E-state index < -0.39 is 0 Å². The molecule has 2 rings (SSSR count). The Morgan fingerprint density at radius 3 is 2.55 bits per heavy atom. The van der Waals surface area contributed by atoms with E-state index in [2.05, 4.69) is 63.2 Å². The number of aryl methyl sites for hydroxylation is 2. The third-order valence-corrected chi connectivity index (χ3v) is 3.99. The summed E-state index contributed by atoms with van der Waals surface area (Å²) in [6.45, 7) is 5.12. The number of nitrogens with one attached hydrogen (secondary N) is 1. The third kappa shape index (κ3) is 3.48. The second kappa shape index (κ2) is 7.02. The number of nitrogens with two attached hydrogens (primary N) is 1. The lowest BCUT2D eigenvalue weighted by Gasteiger charge is -2.17. The highest BCUT2D eigenvalue weighted by atomic mass is 79.9. The minimum atomic E-state index is 0.0924. The van der Waals surface area contributed by atoms with E-state index in [0.29, 0.717) is 0 Å². The topological polar surface area (TPSA) is 55.9 Å². The molecule has 0 aliphatic rings. The van der Waals surface area contributed by atoms with Crippen molar-refractivity contribution in [3.63, 3.8) is 0 Å². The van der Waals surface area contributed by atoms with Crippen molar-refractivity contribution >= 4 is 15.9 Å². The lowest BCUT2D eigenvalue weighted by atomic mass is 10.0. The van der Waals surface area contributed by atoms with Crippen LogP contribution in [0.15, 0.2) is 34.8 Å². The summed E-state index contributed by atoms with van der Waals surface area (Å²) in [5.74, 6) is 5.73. The zero-order chi connectivity index (χ0) is 14.5. The van der Waals surface area contributed by atoms with Gasteiger partial charge in [-0.2, -0.15) is 5.10 Å². The molecule has 0 fully saturated rings. The number of hydrogen-bond donors (Lipinski definition) is 2. The third-order valence-electron chi connectivity index (χ3n) is 3.46. The number of nitrogens with zero attached hydrogens (tertiary/aromatic N) is 2. The first-order chi connectivity index (χ1) is 9.67. The van der Waals surface area contributed by atoms with Gasteiger partial charge in [0.05, 0.1) is 11.7 Å². The van der Waals surface area contributed by atoms with Gasteiger partial charge in [-0.1, -0.05) is 35.0 Å². The Morgan fingerprint density at radius 1 is 1.30 bits per heavy atom. The molecule has 0 radical (unpaired) electrons. The van der Waals surface area contributed by atoms with Crippen molar-refractivity contribution < 1.29 is 0 Å². The van der Waals surface area contributed by atoms with Gasteiger partial charge in [0.2, 0.25) is 0 Å². The SMILES string of the molecule is CCc1cc(CC(NN)c2ccc(Br)cc2)n(CC)n1. The van der Waals surface area contributed by atoms with E-state index in [4.69, 9.17) is 5.84 Å². The molecular weight excluding hydrogens is 316 g/mol. The van der Waals surface area contributed by atoms with Crippen molar-refractivity contribution in [2.24, 2.45) is 5.84 Å². The van der Waals surface area contributed by atoms with Crippen molar-refractivity contribution in [1.29, 1.82) is 0 Å². The quantitative estimate of drug-likeness (QED) is 0.629. The van der Waals surface area contributed by atoms with Gasteiger partial charge in [0, 0.05) is 23.1 Å². The molecule has 0 saturated carbocycles. The summed E-state index contributed by atoms with van der Waals surface area (Å²) in [5, 5.41) is 4.58. The van der Waals surface area contributed by atoms with Crippen LogP contribution in [0.4, 0.5) is 0 Å². The fourth-order valence-corrected chi connectivity index (χ4v) is 2.57. The van der Waals surface area contributed by atoms with Crippen molar-refractivity contribution in [2.75, 3.05) is 0 Å². The van der Waals surface area contributed by atoms with E-state index in [-0.39, 0.29) is 6.04 Å². The molecule has 5 heteroatoms. The molecule has 20 heavy (non-hydrogen) atoms. The van der Waals surface area contributed by atoms with Crippen LogP contribution in [-0.2, 0) is 19.4 Å². The average molecular weight is 337 g/mol. The summed E-state index contributed by atoms with van der Waals surface area (Å²) >= 11 is 3.45. The smallest absolute Gasteiger partial charge is 0.0624 e. The first kappa shape index (κ1) is 15.2. The van der Waals surface area contributed by atoms with Crippen LogP contribution in [0.2, 0.25) is 0 Å². The molecule has 1 unspecified atom stereocenters. The van der Waals surface area contributed by atoms with E-state index in [9.17, 15) is 0 Å². The van der Waals surface area contributed by atoms with E-state index >= 15 is 0 Å². The normalized spacial score (nSPS) is 12.6. The minimum Gasteiger partial charge on any atom is -0.271 e. The van der Waals surface area contributed by atoms with Crippen LogP contribution in [0.25, 0.3) is 0 Å². The maximum atomic E-state index is 5.73. The summed E-state index contributed by atoms with van der Waals surface area (Å²) in [5.41, 5.74) is 6.44. The zero-order valence-corrected chi connectivity index (χ0v) is 13.5. The Balaban J connectivity index is 2.21. The molecule has 0 amide bonds. The van der Waals surface area contributed by atoms with Crippen LogP contribution >= 0.6 is 15.9 Å². The predicted molar refractivity (Wildman–Crippen MR) is 85.2 cm³/mol. The van der Waals surface area contributed by atoms with Gasteiger partial charge in [-0.25, -0.2) is 0 Å². The number of rotatable bonds is 6. The van der Waals surface area contributed by atoms with Gasteiger partial charge < -0.3 is 0 Å². The summed E-state index contributed by atoms with van der Waals surface area (Å²) in [4.78, 5) is 0. The Hall–Kier alpha value is -1.17. The number of hydrazine groups is 1. The molecule has 0 bridgehead atoms. The number of hydrogen-bond acceptors (Lipinski definition) is 3. The van der Waals surface area contributed by atoms with Gasteiger partial charge in [-0.05, 0) is 37.1 Å². The Kier molecular flexibility index (Phi) is 5.34. The van der Waals surface area contributed by atoms with Crippen molar-refractivity contribution in [3.05, 3.63) is 51.8 Å². The first-order valence-corrected chi connectivity index (χ1v) is 7.74. The fraction of sp³-hybridized carbons (Fsp3) is 0.400. The van der Waals surface area contributed by atoms with Crippen LogP contribution < -0.4 is 11.3 Å². The van der Waals surface area contributed by atoms with Crippen LogP contribution in [0.3, 0.4) is 0 Å². The van der Waals surface area contributed by atoms with Crippen LogP contribution in [0.5, 0.6) is 0 Å². The lowest BCUT2D eigenvalue weighted by molar-refractivity contribution is 0.516. The van der Waals surface area contributed by atoms with Gasteiger partial charge in [-0.3, -0.25) is 16.0 Å². The van der Waals surface area contributed by atoms with E-state index in [1.807, 2.05) is 12.1 Å². The molecule has 0 spiro atoms. The summed E-state index contributed by atoms with van der Waals surface area (Å²) < 4.78 is 3.13. The minimum absolute atomic E-state index is 0.0924. The molecule has 0 saturated heterocycles. The van der Waals surface area contributed by atoms with Crippen molar-refractivity contribution in [3.8, 4) is 0 Å². The van der Waals surface area contributed by atoms with Crippen LogP contribution in [0.1, 0.15) is 36.8 Å². The molecule has 0 aliphatic carbocycles. The van der Waals surface area contributed by atoms with Crippen molar-refractivity contribution in [1.82, 2.24) is 15.2 Å². The molecule has 1 aromatic carbocycles. The number of benzene rings is 1. The van der Waals surface area contributed by atoms with Gasteiger partial charge in [0.15, 0.2) is 0 Å². The summed E-state index contributed by atoms with van der Waals surface area (Å²) in [6, 6.07) is 10.5. The molecule has 0 aliphatic heterocycles. The Morgan fingerprint density at radius 2 is 2.00 bits per heavy atom. The molecule has 2 aromatic rings. The standard InChI is InChI=1S/C15H21BrN4/c1-3-13-9-14(20(4-2)19-13)10-15(18-17)11-5-7-12(16)8-6-11/h5-9,15,18H,3-4,10,17H2,1-2H3. The van der Waals surface area contributed by atoms with Gasteiger partial charge in [-0.15, -0.1) is 0 Å². The molecule has 108 valence electrons. The first-order valence-electron chi connectivity index (χ1n) is 6.95. The maximum absolute atomic E-state index is 5.73. The second-order valence-corrected chi connectivity index (χ2v) is 5.69. The summed E-state index contributed by atoms with van der Waals surface area (Å²) in [6.07, 6.45) is 1.79. The molecule has 1 aromatic heterocycles. The average Bonchev–Trinajstić information content (AvgIpc) is 2.88. The van der Waals surface area contributed by atoms with E-state index in [1.54, 1.807) is 0 Å². The van der Waals surface area contributed by atoms with Crippen LogP contribution in [-0.4, -0.2) is 9.78 Å². The van der Waals surface area contributed by atoms with Gasteiger partial charge in [0.25, 0.3) is 0 Å². The fourth-order valence-electron chi connectivity index (χ4n) is 2.30. The van der Waals surface area contributed by atoms with Crippen LogP contribution in [0, 0.1) is 0 Å². The highest BCUT2D eigenvalue weighted by molar-refractivity contribution is 9.10.